The first kappa shape index (κ1) is 6.78. The Labute approximate surface area is 68.3 Å². The summed E-state index contributed by atoms with van der Waals surface area (Å²) in [6.07, 6.45) is 4.92. The summed E-state index contributed by atoms with van der Waals surface area (Å²) in [4.78, 5) is 3.97. The van der Waals surface area contributed by atoms with Crippen molar-refractivity contribution in [2.45, 2.75) is 0 Å². The van der Waals surface area contributed by atoms with Gasteiger partial charge in [0.15, 0.2) is 0 Å². The molecule has 0 radical (unpaired) electrons. The molecular formula is C7H7N5. The van der Waals surface area contributed by atoms with Crippen LogP contribution < -0.4 is 5.73 Å². The second-order valence-electron chi connectivity index (χ2n) is 2.35. The van der Waals surface area contributed by atoms with E-state index in [9.17, 15) is 0 Å². The largest absolute Gasteiger partial charge is 0.382 e. The Morgan fingerprint density at radius 3 is 3.08 bits per heavy atom. The molecule has 0 unspecified atom stereocenters. The Balaban J connectivity index is 2.82. The summed E-state index contributed by atoms with van der Waals surface area (Å²) in [5.41, 5.74) is 6.54. The molecule has 0 bridgehead atoms. The van der Waals surface area contributed by atoms with E-state index in [2.05, 4.69) is 10.1 Å². The maximum Gasteiger partial charge on any atom is 0.144 e. The molecule has 5 heteroatoms. The number of amidine groups is 1. The quantitative estimate of drug-likeness (QED) is 0.456. The number of aromatic nitrogens is 3. The lowest BCUT2D eigenvalue weighted by atomic mass is 10.3. The molecule has 0 aliphatic heterocycles. The lowest BCUT2D eigenvalue weighted by Crippen LogP contribution is -2.14. The van der Waals surface area contributed by atoms with E-state index in [1.807, 2.05) is 0 Å². The van der Waals surface area contributed by atoms with Gasteiger partial charge in [0.1, 0.15) is 11.5 Å². The normalized spacial score (nSPS) is 10.3. The lowest BCUT2D eigenvalue weighted by Gasteiger charge is -1.98. The average molecular weight is 161 g/mol. The molecule has 0 saturated carbocycles. The molecule has 0 aromatic carbocycles. The van der Waals surface area contributed by atoms with Gasteiger partial charge in [-0.2, -0.15) is 5.10 Å². The van der Waals surface area contributed by atoms with E-state index in [4.69, 9.17) is 11.1 Å². The molecule has 0 spiro atoms. The highest BCUT2D eigenvalue weighted by atomic mass is 15.2. The van der Waals surface area contributed by atoms with E-state index in [1.54, 1.807) is 29.2 Å². The van der Waals surface area contributed by atoms with Crippen molar-refractivity contribution in [2.75, 3.05) is 0 Å². The van der Waals surface area contributed by atoms with E-state index in [0.29, 0.717) is 5.69 Å². The summed E-state index contributed by atoms with van der Waals surface area (Å²) in [6, 6.07) is 1.77. The van der Waals surface area contributed by atoms with Crippen molar-refractivity contribution in [3.8, 4) is 0 Å². The molecule has 0 fully saturated rings. The maximum absolute atomic E-state index is 7.23. The highest BCUT2D eigenvalue weighted by molar-refractivity contribution is 5.99. The maximum atomic E-state index is 7.23. The molecular weight excluding hydrogens is 154 g/mol. The third-order valence-electron chi connectivity index (χ3n) is 1.58. The van der Waals surface area contributed by atoms with Gasteiger partial charge in [0.05, 0.1) is 11.7 Å². The second-order valence-corrected chi connectivity index (χ2v) is 2.35. The number of fused-ring (bicyclic) bond motifs is 1. The highest BCUT2D eigenvalue weighted by Crippen LogP contribution is 2.04. The monoisotopic (exact) mass is 161 g/mol. The van der Waals surface area contributed by atoms with Crippen molar-refractivity contribution in [3.05, 3.63) is 30.4 Å². The zero-order chi connectivity index (χ0) is 8.55. The number of hydrogen-bond donors (Lipinski definition) is 2. The van der Waals surface area contributed by atoms with Gasteiger partial charge in [-0.25, -0.2) is 9.50 Å². The Morgan fingerprint density at radius 1 is 1.50 bits per heavy atom. The van der Waals surface area contributed by atoms with Gasteiger partial charge in [-0.15, -0.1) is 0 Å². The molecule has 2 aromatic heterocycles. The third kappa shape index (κ3) is 0.833. The van der Waals surface area contributed by atoms with Crippen LogP contribution in [-0.4, -0.2) is 20.4 Å². The molecule has 2 heterocycles. The smallest absolute Gasteiger partial charge is 0.144 e. The van der Waals surface area contributed by atoms with Gasteiger partial charge in [-0.05, 0) is 6.07 Å². The van der Waals surface area contributed by atoms with Crippen LogP contribution in [0.2, 0.25) is 0 Å². The SMILES string of the molecule is N=C(N)c1nccn2nccc12. The van der Waals surface area contributed by atoms with Crippen molar-refractivity contribution in [1.29, 1.82) is 5.41 Å². The van der Waals surface area contributed by atoms with Crippen LogP contribution in [-0.2, 0) is 0 Å². The van der Waals surface area contributed by atoms with Gasteiger partial charge >= 0.3 is 0 Å². The van der Waals surface area contributed by atoms with Gasteiger partial charge in [0, 0.05) is 12.4 Å². The molecule has 3 N–H and O–H groups in total. The van der Waals surface area contributed by atoms with E-state index >= 15 is 0 Å². The topological polar surface area (TPSA) is 80.1 Å². The number of nitrogens with zero attached hydrogens (tertiary/aromatic N) is 3. The molecule has 12 heavy (non-hydrogen) atoms. The minimum absolute atomic E-state index is 0.0406. The van der Waals surface area contributed by atoms with Crippen molar-refractivity contribution in [2.24, 2.45) is 5.73 Å². The fourth-order valence-corrected chi connectivity index (χ4v) is 1.07. The van der Waals surface area contributed by atoms with Crippen LogP contribution in [0, 0.1) is 5.41 Å². The average Bonchev–Trinajstić information content (AvgIpc) is 2.49. The van der Waals surface area contributed by atoms with Crippen LogP contribution in [0.15, 0.2) is 24.7 Å². The van der Waals surface area contributed by atoms with Gasteiger partial charge in [0.25, 0.3) is 0 Å². The molecule has 0 saturated heterocycles. The Hall–Kier alpha value is -1.91. The van der Waals surface area contributed by atoms with E-state index in [-0.39, 0.29) is 5.84 Å². The van der Waals surface area contributed by atoms with E-state index in [1.165, 1.54) is 0 Å². The molecule has 2 aromatic rings. The van der Waals surface area contributed by atoms with Crippen LogP contribution in [0.4, 0.5) is 0 Å². The third-order valence-corrected chi connectivity index (χ3v) is 1.58. The molecule has 0 atom stereocenters. The fourth-order valence-electron chi connectivity index (χ4n) is 1.07. The van der Waals surface area contributed by atoms with Gasteiger partial charge in [-0.1, -0.05) is 0 Å². The van der Waals surface area contributed by atoms with Gasteiger partial charge in [0.2, 0.25) is 0 Å². The summed E-state index contributed by atoms with van der Waals surface area (Å²) < 4.78 is 1.63. The number of nitrogens with two attached hydrogens (primary N) is 1. The number of hydrogen-bond acceptors (Lipinski definition) is 3. The standard InChI is InChI=1S/C7H7N5/c8-7(9)6-5-1-2-11-12(5)4-3-10-6/h1-4H,(H3,8,9). The van der Waals surface area contributed by atoms with E-state index in [0.717, 1.165) is 5.52 Å². The van der Waals surface area contributed by atoms with Crippen molar-refractivity contribution in [3.63, 3.8) is 0 Å². The molecule has 0 amide bonds. The molecule has 0 aliphatic rings. The Kier molecular flexibility index (Phi) is 1.30. The number of rotatable bonds is 1. The van der Waals surface area contributed by atoms with E-state index < -0.39 is 0 Å². The van der Waals surface area contributed by atoms with Crippen LogP contribution >= 0.6 is 0 Å². The van der Waals surface area contributed by atoms with Crippen LogP contribution in [0.25, 0.3) is 5.52 Å². The Morgan fingerprint density at radius 2 is 2.33 bits per heavy atom. The zero-order valence-electron chi connectivity index (χ0n) is 6.23. The predicted molar refractivity (Wildman–Crippen MR) is 44.0 cm³/mol. The number of nitrogen functional groups attached to an aromatic ring is 1. The van der Waals surface area contributed by atoms with Crippen molar-refractivity contribution >= 4 is 11.4 Å². The second kappa shape index (κ2) is 2.30. The minimum Gasteiger partial charge on any atom is -0.382 e. The minimum atomic E-state index is -0.0406. The first-order valence-corrected chi connectivity index (χ1v) is 3.42. The molecule has 2 rings (SSSR count). The van der Waals surface area contributed by atoms with Crippen LogP contribution in [0.5, 0.6) is 0 Å². The molecule has 60 valence electrons. The van der Waals surface area contributed by atoms with Crippen LogP contribution in [0.3, 0.4) is 0 Å². The van der Waals surface area contributed by atoms with Gasteiger partial charge in [-0.3, -0.25) is 5.41 Å². The first-order valence-electron chi connectivity index (χ1n) is 3.42. The Bertz CT molecular complexity index is 430. The molecule has 0 aliphatic carbocycles. The number of nitrogens with one attached hydrogen (secondary N) is 1. The first-order chi connectivity index (χ1) is 5.79. The lowest BCUT2D eigenvalue weighted by molar-refractivity contribution is 0.942. The summed E-state index contributed by atoms with van der Waals surface area (Å²) >= 11 is 0. The predicted octanol–water partition coefficient (Wildman–Crippen LogP) is 0.0134. The highest BCUT2D eigenvalue weighted by Gasteiger charge is 2.04. The van der Waals surface area contributed by atoms with Crippen LogP contribution in [0.1, 0.15) is 5.69 Å². The summed E-state index contributed by atoms with van der Waals surface area (Å²) in [7, 11) is 0. The summed E-state index contributed by atoms with van der Waals surface area (Å²) in [5.74, 6) is -0.0406. The fraction of sp³-hybridized carbons (Fsp3) is 0. The van der Waals surface area contributed by atoms with Crippen molar-refractivity contribution in [1.82, 2.24) is 14.6 Å². The van der Waals surface area contributed by atoms with Gasteiger partial charge < -0.3 is 5.73 Å². The van der Waals surface area contributed by atoms with Crippen molar-refractivity contribution < 1.29 is 0 Å². The molecule has 5 nitrogen and oxygen atoms in total. The zero-order valence-corrected chi connectivity index (χ0v) is 6.23. The summed E-state index contributed by atoms with van der Waals surface area (Å²) in [6.45, 7) is 0. The summed E-state index contributed by atoms with van der Waals surface area (Å²) in [5, 5.41) is 11.2.